The third kappa shape index (κ3) is 83.6. The Bertz CT molecular complexity index is 57.0. The molecule has 3 nitrogen and oxygen atoms in total. The molecule has 64 valence electrons. The predicted molar refractivity (Wildman–Crippen MR) is 42.7 cm³/mol. The molecule has 0 spiro atoms. The molecular formula is C4H9Cl3O3. The van der Waals surface area contributed by atoms with Crippen LogP contribution in [0.3, 0.4) is 0 Å². The molecule has 0 aliphatic carbocycles. The molecule has 0 bridgehead atoms. The molecule has 0 aromatic rings. The van der Waals surface area contributed by atoms with Crippen LogP contribution in [-0.4, -0.2) is 22.9 Å². The third-order valence-corrected chi connectivity index (χ3v) is 0.235. The Morgan fingerprint density at radius 3 is 1.80 bits per heavy atom. The Morgan fingerprint density at radius 2 is 1.80 bits per heavy atom. The van der Waals surface area contributed by atoms with Gasteiger partial charge in [-0.25, -0.2) is 0 Å². The highest BCUT2D eigenvalue weighted by atomic mass is 35.6. The number of carbonyl (C=O) groups is 1. The lowest BCUT2D eigenvalue weighted by Crippen LogP contribution is -1.80. The van der Waals surface area contributed by atoms with Crippen LogP contribution >= 0.6 is 34.8 Å². The zero-order valence-corrected chi connectivity index (χ0v) is 7.58. The van der Waals surface area contributed by atoms with Gasteiger partial charge in [0.15, 0.2) is 4.30 Å². The third-order valence-electron chi connectivity index (χ3n) is 0.235. The predicted octanol–water partition coefficient (Wildman–Crippen LogP) is 1.34. The maximum absolute atomic E-state index is 9.18. The molecule has 0 amide bonds. The van der Waals surface area contributed by atoms with Crippen molar-refractivity contribution in [1.29, 1.82) is 0 Å². The van der Waals surface area contributed by atoms with Crippen molar-refractivity contribution in [2.45, 2.75) is 11.2 Å². The monoisotopic (exact) mass is 210 g/mol. The Morgan fingerprint density at radius 1 is 1.50 bits per heavy atom. The fourth-order valence-corrected chi connectivity index (χ4v) is 0.0680. The van der Waals surface area contributed by atoms with Crippen LogP contribution < -0.4 is 0 Å². The summed E-state index contributed by atoms with van der Waals surface area (Å²) in [5.74, 6) is 0. The molecule has 0 fully saturated rings. The van der Waals surface area contributed by atoms with Crippen LogP contribution in [0.25, 0.3) is 0 Å². The van der Waals surface area contributed by atoms with Crippen LogP contribution in [-0.2, 0) is 9.53 Å². The van der Waals surface area contributed by atoms with Crippen molar-refractivity contribution in [2.75, 3.05) is 6.61 Å². The lowest BCUT2D eigenvalue weighted by molar-refractivity contribution is -0.128. The molecule has 0 heterocycles. The molecule has 0 aromatic heterocycles. The second-order valence-corrected chi connectivity index (χ2v) is 2.78. The van der Waals surface area contributed by atoms with Gasteiger partial charge in [-0.15, -0.1) is 0 Å². The molecule has 0 radical (unpaired) electrons. The summed E-state index contributed by atoms with van der Waals surface area (Å²) < 4.78 is 3.40. The summed E-state index contributed by atoms with van der Waals surface area (Å²) in [5.41, 5.74) is 0. The zero-order chi connectivity index (χ0) is 7.70. The lowest BCUT2D eigenvalue weighted by Gasteiger charge is -1.79. The van der Waals surface area contributed by atoms with E-state index >= 15 is 0 Å². The highest BCUT2D eigenvalue weighted by Crippen LogP contribution is 2.03. The number of ether oxygens (including phenoxy) is 1. The summed E-state index contributed by atoms with van der Waals surface area (Å²) >= 11 is 14.4. The van der Waals surface area contributed by atoms with E-state index in [1.54, 1.807) is 6.92 Å². The average molecular weight is 211 g/mol. The summed E-state index contributed by atoms with van der Waals surface area (Å²) in [4.78, 5) is 9.18. The first kappa shape index (κ1) is 16.7. The zero-order valence-electron chi connectivity index (χ0n) is 5.31. The second-order valence-electron chi connectivity index (χ2n) is 0.799. The summed E-state index contributed by atoms with van der Waals surface area (Å²) in [7, 11) is 0. The molecule has 0 aromatic carbocycles. The normalized spacial score (nSPS) is 6.90. The number of carbonyl (C=O) groups excluding carboxylic acids is 1. The minimum atomic E-state index is -0.750. The van der Waals surface area contributed by atoms with Gasteiger partial charge in [-0.05, 0) is 6.92 Å². The summed E-state index contributed by atoms with van der Waals surface area (Å²) in [6, 6.07) is 0. The molecule has 0 atom stereocenters. The topological polar surface area (TPSA) is 57.8 Å². The van der Waals surface area contributed by atoms with E-state index in [4.69, 9.17) is 34.8 Å². The van der Waals surface area contributed by atoms with Crippen LogP contribution in [0.5, 0.6) is 0 Å². The van der Waals surface area contributed by atoms with Crippen LogP contribution in [0, 0.1) is 0 Å². The summed E-state index contributed by atoms with van der Waals surface area (Å²) in [6.07, 6.45) is 0. The van der Waals surface area contributed by atoms with E-state index in [2.05, 4.69) is 4.74 Å². The molecule has 0 rings (SSSR count). The first-order valence-electron chi connectivity index (χ1n) is 2.12. The minimum absolute atomic E-state index is 0. The number of alkyl halides is 3. The van der Waals surface area contributed by atoms with E-state index in [9.17, 15) is 4.79 Å². The highest BCUT2D eigenvalue weighted by molar-refractivity contribution is 6.63. The Kier molecular flexibility index (Phi) is 27.0. The standard InChI is InChI=1S/C3H6O2.CHCl3.H2O/c1-2-5-3-4;2-1(3)4;/h3H,2H2,1H3;1H;1H2. The van der Waals surface area contributed by atoms with E-state index in [0.29, 0.717) is 13.1 Å². The largest absolute Gasteiger partial charge is 0.468 e. The SMILES string of the molecule is CCOC=O.ClC(Cl)Cl.O. The highest BCUT2D eigenvalue weighted by Gasteiger charge is 1.78. The van der Waals surface area contributed by atoms with Gasteiger partial charge in [0, 0.05) is 0 Å². The maximum Gasteiger partial charge on any atom is 0.293 e. The van der Waals surface area contributed by atoms with Gasteiger partial charge < -0.3 is 10.2 Å². The number of hydrogen-bond donors (Lipinski definition) is 0. The molecule has 0 saturated heterocycles. The van der Waals surface area contributed by atoms with Crippen molar-refractivity contribution in [1.82, 2.24) is 0 Å². The molecule has 10 heavy (non-hydrogen) atoms. The van der Waals surface area contributed by atoms with Crippen molar-refractivity contribution >= 4 is 41.3 Å². The molecule has 0 aliphatic rings. The van der Waals surface area contributed by atoms with Crippen LogP contribution in [0.2, 0.25) is 0 Å². The first-order valence-corrected chi connectivity index (χ1v) is 3.43. The maximum atomic E-state index is 9.18. The molecule has 2 N–H and O–H groups in total. The van der Waals surface area contributed by atoms with Crippen LogP contribution in [0.15, 0.2) is 0 Å². The Labute approximate surface area is 74.5 Å². The first-order chi connectivity index (χ1) is 4.15. The van der Waals surface area contributed by atoms with E-state index in [1.807, 2.05) is 0 Å². The molecule has 0 saturated carbocycles. The quantitative estimate of drug-likeness (QED) is 0.511. The van der Waals surface area contributed by atoms with Crippen LogP contribution in [0.4, 0.5) is 0 Å². The van der Waals surface area contributed by atoms with Gasteiger partial charge >= 0.3 is 0 Å². The van der Waals surface area contributed by atoms with Crippen molar-refractivity contribution in [2.24, 2.45) is 0 Å². The van der Waals surface area contributed by atoms with Gasteiger partial charge in [0.1, 0.15) is 0 Å². The number of hydrogen-bond acceptors (Lipinski definition) is 2. The fourth-order valence-electron chi connectivity index (χ4n) is 0.0680. The second kappa shape index (κ2) is 16.1. The average Bonchev–Trinajstić information content (AvgIpc) is 1.66. The summed E-state index contributed by atoms with van der Waals surface area (Å²) in [6.45, 7) is 2.66. The fraction of sp³-hybridized carbons (Fsp3) is 0.750. The van der Waals surface area contributed by atoms with Crippen molar-refractivity contribution < 1.29 is 15.0 Å². The van der Waals surface area contributed by atoms with Crippen molar-refractivity contribution in [3.63, 3.8) is 0 Å². The molecular weight excluding hydrogens is 202 g/mol. The van der Waals surface area contributed by atoms with Gasteiger partial charge in [0.2, 0.25) is 0 Å². The van der Waals surface area contributed by atoms with Gasteiger partial charge in [0.25, 0.3) is 6.47 Å². The van der Waals surface area contributed by atoms with E-state index < -0.39 is 4.30 Å². The summed E-state index contributed by atoms with van der Waals surface area (Å²) in [5, 5.41) is 0. The molecule has 0 unspecified atom stereocenters. The minimum Gasteiger partial charge on any atom is -0.468 e. The molecule has 0 aliphatic heterocycles. The van der Waals surface area contributed by atoms with Gasteiger partial charge in [0.05, 0.1) is 6.61 Å². The van der Waals surface area contributed by atoms with Gasteiger partial charge in [-0.1, -0.05) is 34.8 Å². The lowest BCUT2D eigenvalue weighted by atomic mass is 10.9. The Balaban J connectivity index is -0.0000000910. The van der Waals surface area contributed by atoms with E-state index in [0.717, 1.165) is 0 Å². The van der Waals surface area contributed by atoms with E-state index in [1.165, 1.54) is 0 Å². The van der Waals surface area contributed by atoms with Crippen molar-refractivity contribution in [3.8, 4) is 0 Å². The van der Waals surface area contributed by atoms with Crippen molar-refractivity contribution in [3.05, 3.63) is 0 Å². The number of halogens is 3. The van der Waals surface area contributed by atoms with Gasteiger partial charge in [-0.2, -0.15) is 0 Å². The van der Waals surface area contributed by atoms with Crippen LogP contribution in [0.1, 0.15) is 6.92 Å². The Hall–Kier alpha value is 0.300. The van der Waals surface area contributed by atoms with Gasteiger partial charge in [-0.3, -0.25) is 4.79 Å². The molecule has 6 heteroatoms. The van der Waals surface area contributed by atoms with E-state index in [-0.39, 0.29) is 5.48 Å². The smallest absolute Gasteiger partial charge is 0.293 e. The number of rotatable bonds is 2.